The van der Waals surface area contributed by atoms with Gasteiger partial charge in [-0.1, -0.05) is 0 Å². The molecule has 1 aliphatic rings. The summed E-state index contributed by atoms with van der Waals surface area (Å²) in [7, 11) is 0. The summed E-state index contributed by atoms with van der Waals surface area (Å²) >= 11 is 0. The number of rotatable bonds is 4. The molecule has 1 heterocycles. The van der Waals surface area contributed by atoms with E-state index < -0.39 is 0 Å². The summed E-state index contributed by atoms with van der Waals surface area (Å²) in [6.07, 6.45) is 0. The summed E-state index contributed by atoms with van der Waals surface area (Å²) in [6, 6.07) is 5.44. The molecule has 0 spiro atoms. The van der Waals surface area contributed by atoms with E-state index in [0.717, 1.165) is 32.7 Å². The fraction of sp³-hybridized carbons (Fsp3) is 0.462. The van der Waals surface area contributed by atoms with Crippen LogP contribution in [-0.4, -0.2) is 50.2 Å². The van der Waals surface area contributed by atoms with Gasteiger partial charge in [0.2, 0.25) is 0 Å². The molecule has 0 atom stereocenters. The van der Waals surface area contributed by atoms with Gasteiger partial charge in [0.15, 0.2) is 0 Å². The van der Waals surface area contributed by atoms with Crippen molar-refractivity contribution >= 4 is 11.7 Å². The van der Waals surface area contributed by atoms with Gasteiger partial charge in [-0.15, -0.1) is 0 Å². The fourth-order valence-corrected chi connectivity index (χ4v) is 1.97. The molecule has 19 heavy (non-hydrogen) atoms. The Morgan fingerprint density at radius 1 is 1.26 bits per heavy atom. The molecule has 2 amide bonds. The van der Waals surface area contributed by atoms with Gasteiger partial charge in [-0.05, 0) is 24.3 Å². The maximum absolute atomic E-state index is 12.7. The molecule has 5 nitrogen and oxygen atoms in total. The predicted octanol–water partition coefficient (Wildman–Crippen LogP) is 0.852. The van der Waals surface area contributed by atoms with Crippen LogP contribution < -0.4 is 16.0 Å². The van der Waals surface area contributed by atoms with Crippen molar-refractivity contribution in [2.75, 3.05) is 44.6 Å². The van der Waals surface area contributed by atoms with Crippen LogP contribution in [0.4, 0.5) is 14.9 Å². The summed E-state index contributed by atoms with van der Waals surface area (Å²) in [5.41, 5.74) is 0.584. The van der Waals surface area contributed by atoms with Gasteiger partial charge in [-0.2, -0.15) is 0 Å². The molecule has 1 saturated heterocycles. The van der Waals surface area contributed by atoms with Crippen molar-refractivity contribution in [3.63, 3.8) is 0 Å². The molecule has 3 N–H and O–H groups in total. The molecule has 1 aromatic carbocycles. The number of anilines is 1. The molecular formula is C13H19FN4O. The Bertz CT molecular complexity index is 404. The monoisotopic (exact) mass is 266 g/mol. The summed E-state index contributed by atoms with van der Waals surface area (Å²) in [6.45, 7) is 5.48. The molecule has 0 aliphatic carbocycles. The number of halogens is 1. The van der Waals surface area contributed by atoms with Crippen molar-refractivity contribution in [2.45, 2.75) is 0 Å². The molecule has 0 unspecified atom stereocenters. The highest BCUT2D eigenvalue weighted by Crippen LogP contribution is 2.07. The second-order valence-electron chi connectivity index (χ2n) is 4.48. The van der Waals surface area contributed by atoms with E-state index in [0.29, 0.717) is 12.2 Å². The maximum Gasteiger partial charge on any atom is 0.319 e. The number of piperazine rings is 1. The van der Waals surface area contributed by atoms with Gasteiger partial charge in [-0.3, -0.25) is 4.90 Å². The lowest BCUT2D eigenvalue weighted by Crippen LogP contribution is -2.46. The van der Waals surface area contributed by atoms with E-state index in [2.05, 4.69) is 20.9 Å². The summed E-state index contributed by atoms with van der Waals surface area (Å²) in [5.74, 6) is -0.315. The Labute approximate surface area is 112 Å². The highest BCUT2D eigenvalue weighted by Gasteiger charge is 2.09. The highest BCUT2D eigenvalue weighted by molar-refractivity contribution is 5.89. The third-order valence-electron chi connectivity index (χ3n) is 3.03. The largest absolute Gasteiger partial charge is 0.337 e. The number of nitrogens with zero attached hydrogens (tertiary/aromatic N) is 1. The van der Waals surface area contributed by atoms with E-state index in [1.165, 1.54) is 24.3 Å². The third-order valence-corrected chi connectivity index (χ3v) is 3.03. The first-order valence-corrected chi connectivity index (χ1v) is 6.47. The molecule has 1 aromatic rings. The van der Waals surface area contributed by atoms with Crippen LogP contribution in [0.3, 0.4) is 0 Å². The summed E-state index contributed by atoms with van der Waals surface area (Å²) in [4.78, 5) is 13.9. The molecule has 2 rings (SSSR count). The van der Waals surface area contributed by atoms with Crippen LogP contribution in [0.5, 0.6) is 0 Å². The van der Waals surface area contributed by atoms with Crippen molar-refractivity contribution in [3.05, 3.63) is 30.1 Å². The number of benzene rings is 1. The van der Waals surface area contributed by atoms with Crippen molar-refractivity contribution in [1.82, 2.24) is 15.5 Å². The lowest BCUT2D eigenvalue weighted by atomic mass is 10.3. The van der Waals surface area contributed by atoms with E-state index >= 15 is 0 Å². The highest BCUT2D eigenvalue weighted by atomic mass is 19.1. The molecule has 0 radical (unpaired) electrons. The first-order valence-electron chi connectivity index (χ1n) is 6.47. The quantitative estimate of drug-likeness (QED) is 0.757. The Hall–Kier alpha value is -1.66. The van der Waals surface area contributed by atoms with Crippen molar-refractivity contribution in [1.29, 1.82) is 0 Å². The minimum Gasteiger partial charge on any atom is -0.337 e. The number of carbonyl (C=O) groups is 1. The number of nitrogens with one attached hydrogen (secondary N) is 3. The van der Waals surface area contributed by atoms with Gasteiger partial charge < -0.3 is 16.0 Å². The van der Waals surface area contributed by atoms with Crippen LogP contribution in [-0.2, 0) is 0 Å². The Kier molecular flexibility index (Phi) is 5.11. The molecule has 0 bridgehead atoms. The van der Waals surface area contributed by atoms with Gasteiger partial charge >= 0.3 is 6.03 Å². The molecule has 1 fully saturated rings. The summed E-state index contributed by atoms with van der Waals surface area (Å²) < 4.78 is 12.7. The van der Waals surface area contributed by atoms with Crippen molar-refractivity contribution < 1.29 is 9.18 Å². The van der Waals surface area contributed by atoms with Gasteiger partial charge in [0, 0.05) is 45.0 Å². The van der Waals surface area contributed by atoms with E-state index in [4.69, 9.17) is 0 Å². The standard InChI is InChI=1S/C13H19FN4O/c14-11-1-3-12(4-2-11)17-13(19)16-7-10-18-8-5-15-6-9-18/h1-4,15H,5-10H2,(H2,16,17,19). The minimum absolute atomic E-state index is 0.262. The van der Waals surface area contributed by atoms with Crippen LogP contribution in [0, 0.1) is 5.82 Å². The van der Waals surface area contributed by atoms with Crippen LogP contribution in [0.2, 0.25) is 0 Å². The van der Waals surface area contributed by atoms with Crippen molar-refractivity contribution in [2.24, 2.45) is 0 Å². The fourth-order valence-electron chi connectivity index (χ4n) is 1.97. The smallest absolute Gasteiger partial charge is 0.319 e. The van der Waals surface area contributed by atoms with E-state index in [1.54, 1.807) is 0 Å². The zero-order valence-electron chi connectivity index (χ0n) is 10.8. The van der Waals surface area contributed by atoms with Crippen LogP contribution in [0.15, 0.2) is 24.3 Å². The topological polar surface area (TPSA) is 56.4 Å². The zero-order valence-corrected chi connectivity index (χ0v) is 10.8. The lowest BCUT2D eigenvalue weighted by Gasteiger charge is -2.27. The average molecular weight is 266 g/mol. The number of carbonyl (C=O) groups excluding carboxylic acids is 1. The maximum atomic E-state index is 12.7. The Morgan fingerprint density at radius 3 is 2.63 bits per heavy atom. The normalized spacial score (nSPS) is 16.1. The molecular weight excluding hydrogens is 247 g/mol. The molecule has 1 aliphatic heterocycles. The molecule has 6 heteroatoms. The first-order chi connectivity index (χ1) is 9.24. The number of amides is 2. The van der Waals surface area contributed by atoms with Crippen molar-refractivity contribution in [3.8, 4) is 0 Å². The second-order valence-corrected chi connectivity index (χ2v) is 4.48. The second kappa shape index (κ2) is 7.06. The predicted molar refractivity (Wildman–Crippen MR) is 72.7 cm³/mol. The lowest BCUT2D eigenvalue weighted by molar-refractivity contribution is 0.233. The zero-order chi connectivity index (χ0) is 13.5. The van der Waals surface area contributed by atoms with E-state index in [-0.39, 0.29) is 11.8 Å². The molecule has 0 saturated carbocycles. The van der Waals surface area contributed by atoms with E-state index in [9.17, 15) is 9.18 Å². The molecule has 0 aromatic heterocycles. The van der Waals surface area contributed by atoms with Gasteiger partial charge in [0.05, 0.1) is 0 Å². The van der Waals surface area contributed by atoms with E-state index in [1.807, 2.05) is 0 Å². The third kappa shape index (κ3) is 4.84. The molecule has 104 valence electrons. The van der Waals surface area contributed by atoms with Crippen LogP contribution in [0.25, 0.3) is 0 Å². The number of urea groups is 1. The average Bonchev–Trinajstić information content (AvgIpc) is 2.43. The first kappa shape index (κ1) is 13.8. The van der Waals surface area contributed by atoms with Gasteiger partial charge in [0.1, 0.15) is 5.82 Å². The van der Waals surface area contributed by atoms with Crippen LogP contribution in [0.1, 0.15) is 0 Å². The van der Waals surface area contributed by atoms with Crippen LogP contribution >= 0.6 is 0 Å². The summed E-state index contributed by atoms with van der Waals surface area (Å²) in [5, 5.41) is 8.73. The SMILES string of the molecule is O=C(NCCN1CCNCC1)Nc1ccc(F)cc1. The number of hydrogen-bond donors (Lipinski definition) is 3. The van der Waals surface area contributed by atoms with Gasteiger partial charge in [0.25, 0.3) is 0 Å². The van der Waals surface area contributed by atoms with Gasteiger partial charge in [-0.25, -0.2) is 9.18 Å². The Morgan fingerprint density at radius 2 is 1.95 bits per heavy atom. The minimum atomic E-state index is -0.315. The number of hydrogen-bond acceptors (Lipinski definition) is 3. The Balaban J connectivity index is 1.65.